The molecule has 5 aromatic rings. The number of nitrogens with zero attached hydrogens (tertiary/aromatic N) is 3. The number of benzene rings is 2. The molecule has 1 aliphatic rings. The Morgan fingerprint density at radius 1 is 0.789 bits per heavy atom. The summed E-state index contributed by atoms with van der Waals surface area (Å²) >= 11 is 1.57. The van der Waals surface area contributed by atoms with Gasteiger partial charge in [0, 0.05) is 66.6 Å². The maximum atomic E-state index is 14.0. The first-order chi connectivity index (χ1) is 34.3. The molecule has 6 rings (SSSR count). The normalized spacial score (nSPS) is 15.8. The summed E-state index contributed by atoms with van der Waals surface area (Å²) < 4.78 is 33.4. The molecule has 2 aromatic carbocycles. The van der Waals surface area contributed by atoms with Crippen LogP contribution in [0, 0.1) is 12.3 Å². The monoisotopic (exact) mass is 1000 g/mol. The van der Waals surface area contributed by atoms with Crippen molar-refractivity contribution < 1.29 is 52.7 Å². The molecule has 4 amide bonds. The predicted octanol–water partition coefficient (Wildman–Crippen LogP) is 5.06. The molecule has 386 valence electrons. The second-order valence-electron chi connectivity index (χ2n) is 18.6. The van der Waals surface area contributed by atoms with Gasteiger partial charge in [0.1, 0.15) is 12.1 Å². The van der Waals surface area contributed by atoms with E-state index in [1.54, 1.807) is 17.5 Å². The third-order valence-electron chi connectivity index (χ3n) is 12.1. The fourth-order valence-electron chi connectivity index (χ4n) is 8.17. The van der Waals surface area contributed by atoms with Gasteiger partial charge >= 0.3 is 0 Å². The van der Waals surface area contributed by atoms with Crippen LogP contribution in [0.4, 0.5) is 0 Å². The topological polar surface area (TPSA) is 225 Å². The number of pyridine rings is 1. The lowest BCUT2D eigenvalue weighted by molar-refractivity contribution is -0.144. The number of fused-ring (bicyclic) bond motifs is 3. The number of likely N-dealkylation sites (tertiary alicyclic amines) is 1. The fraction of sp³-hybridized carbons (Fsp3) is 0.538. The minimum atomic E-state index is -0.932. The van der Waals surface area contributed by atoms with Crippen molar-refractivity contribution in [2.75, 3.05) is 92.4 Å². The second-order valence-corrected chi connectivity index (χ2v) is 19.4. The van der Waals surface area contributed by atoms with Crippen LogP contribution in [-0.4, -0.2) is 159 Å². The predicted molar refractivity (Wildman–Crippen MR) is 271 cm³/mol. The quantitative estimate of drug-likeness (QED) is 0.0380. The van der Waals surface area contributed by atoms with Crippen LogP contribution in [-0.2, 0) is 54.0 Å². The number of amides is 4. The third kappa shape index (κ3) is 17.1. The van der Waals surface area contributed by atoms with Crippen LogP contribution in [0.15, 0.2) is 66.4 Å². The highest BCUT2D eigenvalue weighted by Crippen LogP contribution is 2.30. The number of hydrogen-bond acceptors (Lipinski definition) is 14. The average molecular weight is 1000 g/mol. The zero-order valence-electron chi connectivity index (χ0n) is 41.7. The molecule has 0 spiro atoms. The minimum Gasteiger partial charge on any atom is -0.391 e. The summed E-state index contributed by atoms with van der Waals surface area (Å²) in [4.78, 5) is 67.4. The minimum absolute atomic E-state index is 0.00893. The lowest BCUT2D eigenvalue weighted by Gasteiger charge is -2.35. The Hall–Kier alpha value is -5.38. The molecule has 0 radical (unpaired) electrons. The molecule has 4 atom stereocenters. The van der Waals surface area contributed by atoms with E-state index in [0.29, 0.717) is 85.5 Å². The second kappa shape index (κ2) is 28.0. The number of β-amino-alcohol motifs (C(OH)–C–C–N with tert-alkyl or cyclic N) is 1. The highest BCUT2D eigenvalue weighted by atomic mass is 32.1. The van der Waals surface area contributed by atoms with E-state index in [1.165, 1.54) is 4.90 Å². The number of aryl methyl sites for hydroxylation is 2. The lowest BCUT2D eigenvalue weighted by Crippen LogP contribution is -2.58. The number of aromatic nitrogens is 3. The highest BCUT2D eigenvalue weighted by molar-refractivity contribution is 7.13. The fourth-order valence-corrected chi connectivity index (χ4v) is 8.98. The number of carbonyl (C=O) groups is 4. The Kier molecular flexibility index (Phi) is 21.7. The van der Waals surface area contributed by atoms with Crippen LogP contribution in [0.5, 0.6) is 0 Å². The van der Waals surface area contributed by atoms with Crippen molar-refractivity contribution in [3.8, 4) is 10.4 Å². The number of ether oxygens (including phenoxy) is 6. The largest absolute Gasteiger partial charge is 0.391 e. The zero-order valence-corrected chi connectivity index (χ0v) is 42.5. The first-order valence-electron chi connectivity index (χ1n) is 24.4. The van der Waals surface area contributed by atoms with Gasteiger partial charge < -0.3 is 59.4 Å². The van der Waals surface area contributed by atoms with Crippen LogP contribution in [0.1, 0.15) is 69.8 Å². The van der Waals surface area contributed by atoms with Crippen molar-refractivity contribution in [3.63, 3.8) is 0 Å². The molecular formula is C52H71N7O11S. The lowest BCUT2D eigenvalue weighted by atomic mass is 9.85. The van der Waals surface area contributed by atoms with Gasteiger partial charge in [0.2, 0.25) is 23.6 Å². The molecule has 0 aliphatic carbocycles. The van der Waals surface area contributed by atoms with E-state index in [4.69, 9.17) is 28.4 Å². The first-order valence-corrected chi connectivity index (χ1v) is 25.3. The zero-order chi connectivity index (χ0) is 50.6. The molecule has 19 heteroatoms. The van der Waals surface area contributed by atoms with Gasteiger partial charge in [0.05, 0.1) is 108 Å². The van der Waals surface area contributed by atoms with Crippen LogP contribution in [0.25, 0.3) is 32.2 Å². The molecule has 1 aliphatic heterocycles. The highest BCUT2D eigenvalue weighted by Gasteiger charge is 2.44. The molecule has 3 aromatic heterocycles. The molecule has 18 nitrogen and oxygen atoms in total. The van der Waals surface area contributed by atoms with E-state index >= 15 is 0 Å². The number of hydrogen-bond donors (Lipinski definition) is 5. The van der Waals surface area contributed by atoms with Crippen molar-refractivity contribution in [2.45, 2.75) is 84.5 Å². The van der Waals surface area contributed by atoms with Crippen LogP contribution >= 0.6 is 11.3 Å². The summed E-state index contributed by atoms with van der Waals surface area (Å²) in [6.07, 6.45) is 3.93. The Bertz CT molecular complexity index is 2460. The van der Waals surface area contributed by atoms with Crippen molar-refractivity contribution in [2.24, 2.45) is 5.41 Å². The number of aromatic amines is 1. The van der Waals surface area contributed by atoms with E-state index < -0.39 is 29.5 Å². The van der Waals surface area contributed by atoms with E-state index in [9.17, 15) is 24.3 Å². The van der Waals surface area contributed by atoms with Gasteiger partial charge in [-0.25, -0.2) is 4.98 Å². The Morgan fingerprint density at radius 3 is 2.04 bits per heavy atom. The summed E-state index contributed by atoms with van der Waals surface area (Å²) in [5.74, 6) is -1.17. The molecule has 5 N–H and O–H groups in total. The van der Waals surface area contributed by atoms with Crippen LogP contribution in [0.3, 0.4) is 0 Å². The molecular weight excluding hydrogens is 931 g/mol. The summed E-state index contributed by atoms with van der Waals surface area (Å²) in [6, 6.07) is 13.9. The van der Waals surface area contributed by atoms with Gasteiger partial charge in [-0.1, -0.05) is 57.2 Å². The number of carbonyl (C=O) groups excluding carboxylic acids is 4. The summed E-state index contributed by atoms with van der Waals surface area (Å²) in [5.41, 5.74) is 7.23. The van der Waals surface area contributed by atoms with Crippen molar-refractivity contribution >= 4 is 56.8 Å². The summed E-state index contributed by atoms with van der Waals surface area (Å²) in [6.45, 7) is 14.2. The van der Waals surface area contributed by atoms with Crippen LogP contribution in [0.2, 0.25) is 0 Å². The van der Waals surface area contributed by atoms with E-state index in [2.05, 4.69) is 49.1 Å². The van der Waals surface area contributed by atoms with Gasteiger partial charge in [-0.05, 0) is 54.5 Å². The average Bonchev–Trinajstić information content (AvgIpc) is 4.08. The maximum Gasteiger partial charge on any atom is 0.246 e. The first kappa shape index (κ1) is 54.9. The molecule has 2 unspecified atom stereocenters. The summed E-state index contributed by atoms with van der Waals surface area (Å²) in [7, 11) is 0. The number of H-pyrrole nitrogens is 1. The number of rotatable bonds is 30. The van der Waals surface area contributed by atoms with Crippen molar-refractivity contribution in [1.82, 2.24) is 35.8 Å². The smallest absolute Gasteiger partial charge is 0.246 e. The Morgan fingerprint density at radius 2 is 1.42 bits per heavy atom. The van der Waals surface area contributed by atoms with Gasteiger partial charge in [0.15, 0.2) is 0 Å². The standard InChI is InChI=1S/C52H71N7O11S/c1-35(38-8-10-39(11-9-38)48-36(2)55-34-71-48)56-50(63)45-31-40(60)33-59(45)51(64)49(52(3,4)5)58-47(62)15-18-65-20-22-67-24-26-69-28-29-70-27-25-68-23-21-66-19-17-54-46(61)13-7-37-6-12-41-42-32-53-16-14-43(42)57-44(41)30-37/h6,8-12,14,16,30,32,34-35,40,45,49,57,60H,7,13,15,17-29,31,33H2,1-5H3,(H,54,61)(H,56,63)(H,58,62)/t35?,40-,45+,49?/m1/s1. The molecule has 1 fully saturated rings. The number of aliphatic hydroxyl groups excluding tert-OH is 1. The number of thiazole rings is 1. The van der Waals surface area contributed by atoms with E-state index in [0.717, 1.165) is 49.1 Å². The van der Waals surface area contributed by atoms with Crippen molar-refractivity contribution in [1.29, 1.82) is 0 Å². The SMILES string of the molecule is Cc1ncsc1-c1ccc(C(C)NC(=O)[C@@H]2C[C@@H](O)CN2C(=O)C(NC(=O)CCOCCOCCOCCOCCOCCOCCNC(=O)CCc2ccc3c(c2)[nH]c2ccncc23)C(C)(C)C)cc1. The molecule has 0 saturated carbocycles. The summed E-state index contributed by atoms with van der Waals surface area (Å²) in [5, 5.41) is 21.6. The molecule has 1 saturated heterocycles. The van der Waals surface area contributed by atoms with E-state index in [1.807, 2.05) is 76.7 Å². The van der Waals surface area contributed by atoms with Gasteiger partial charge in [0.25, 0.3) is 0 Å². The van der Waals surface area contributed by atoms with Gasteiger partial charge in [-0.15, -0.1) is 11.3 Å². The molecule has 0 bridgehead atoms. The molecule has 71 heavy (non-hydrogen) atoms. The number of aliphatic hydroxyl groups is 1. The Labute approximate surface area is 419 Å². The Balaban J connectivity index is 0.725. The van der Waals surface area contributed by atoms with Crippen LogP contribution < -0.4 is 16.0 Å². The van der Waals surface area contributed by atoms with Gasteiger partial charge in [-0.2, -0.15) is 0 Å². The third-order valence-corrected chi connectivity index (χ3v) is 13.0. The van der Waals surface area contributed by atoms with Gasteiger partial charge in [-0.3, -0.25) is 24.2 Å². The number of nitrogens with one attached hydrogen (secondary N) is 4. The van der Waals surface area contributed by atoms with Crippen molar-refractivity contribution in [3.05, 3.63) is 83.3 Å². The molecule has 4 heterocycles. The van der Waals surface area contributed by atoms with E-state index in [-0.39, 0.29) is 56.4 Å². The maximum absolute atomic E-state index is 14.0.